The molecule has 3 aromatic rings. The fourth-order valence-electron chi connectivity index (χ4n) is 4.16. The number of rotatable bonds is 6. The maximum atomic E-state index is 13.7. The van der Waals surface area contributed by atoms with Crippen LogP contribution in [0.5, 0.6) is 5.75 Å². The molecule has 0 radical (unpaired) electrons. The molecule has 3 aromatic carbocycles. The van der Waals surface area contributed by atoms with Gasteiger partial charge in [0.2, 0.25) is 0 Å². The zero-order valence-electron chi connectivity index (χ0n) is 20.5. The molecule has 0 aliphatic carbocycles. The molecule has 1 aliphatic rings. The van der Waals surface area contributed by atoms with Crippen LogP contribution in [0.1, 0.15) is 41.7 Å². The molecule has 34 heavy (non-hydrogen) atoms. The smallest absolute Gasteiger partial charge is 0.282 e. The summed E-state index contributed by atoms with van der Waals surface area (Å²) in [6, 6.07) is 18.9. The number of hydrogen-bond donors (Lipinski definition) is 1. The van der Waals surface area contributed by atoms with Crippen LogP contribution in [0.25, 0.3) is 5.57 Å². The van der Waals surface area contributed by atoms with Crippen molar-refractivity contribution in [3.8, 4) is 5.75 Å². The van der Waals surface area contributed by atoms with E-state index in [0.717, 1.165) is 27.9 Å². The van der Waals surface area contributed by atoms with Crippen LogP contribution in [0.3, 0.4) is 0 Å². The highest BCUT2D eigenvalue weighted by Gasteiger charge is 2.40. The number of amides is 2. The number of imide groups is 1. The summed E-state index contributed by atoms with van der Waals surface area (Å²) >= 11 is 0. The predicted octanol–water partition coefficient (Wildman–Crippen LogP) is 6.10. The Hall–Kier alpha value is -3.86. The summed E-state index contributed by atoms with van der Waals surface area (Å²) in [7, 11) is 0. The molecule has 1 heterocycles. The molecular formula is C29H30N2O3. The normalized spacial score (nSPS) is 13.8. The first kappa shape index (κ1) is 23.3. The van der Waals surface area contributed by atoms with E-state index in [0.29, 0.717) is 22.6 Å². The van der Waals surface area contributed by atoms with E-state index in [2.05, 4.69) is 5.32 Å². The van der Waals surface area contributed by atoms with E-state index in [9.17, 15) is 9.59 Å². The van der Waals surface area contributed by atoms with Crippen molar-refractivity contribution >= 4 is 28.8 Å². The highest BCUT2D eigenvalue weighted by atomic mass is 16.5. The Morgan fingerprint density at radius 1 is 0.765 bits per heavy atom. The first-order valence-electron chi connectivity index (χ1n) is 11.5. The van der Waals surface area contributed by atoms with Gasteiger partial charge in [-0.2, -0.15) is 0 Å². The molecule has 0 fully saturated rings. The summed E-state index contributed by atoms with van der Waals surface area (Å²) in [5.74, 6) is -0.00412. The summed E-state index contributed by atoms with van der Waals surface area (Å²) in [6.07, 6.45) is 0.0433. The highest BCUT2D eigenvalue weighted by Crippen LogP contribution is 2.35. The van der Waals surface area contributed by atoms with E-state index in [1.807, 2.05) is 102 Å². The number of ether oxygens (including phenoxy) is 1. The molecule has 0 saturated heterocycles. The number of carbonyl (C=O) groups is 2. The monoisotopic (exact) mass is 454 g/mol. The molecule has 2 amide bonds. The van der Waals surface area contributed by atoms with Crippen molar-refractivity contribution in [1.82, 2.24) is 0 Å². The number of nitrogens with zero attached hydrogens (tertiary/aromatic N) is 1. The first-order valence-corrected chi connectivity index (χ1v) is 11.5. The summed E-state index contributed by atoms with van der Waals surface area (Å²) in [6.45, 7) is 11.9. The molecule has 0 bridgehead atoms. The van der Waals surface area contributed by atoms with Crippen LogP contribution in [-0.4, -0.2) is 17.9 Å². The van der Waals surface area contributed by atoms with Crippen molar-refractivity contribution in [2.45, 2.75) is 47.6 Å². The minimum atomic E-state index is -0.370. The number of nitrogens with one attached hydrogen (secondary N) is 1. The van der Waals surface area contributed by atoms with E-state index in [1.54, 1.807) is 0 Å². The molecule has 0 atom stereocenters. The number of benzene rings is 3. The molecule has 174 valence electrons. The van der Waals surface area contributed by atoms with Crippen LogP contribution in [-0.2, 0) is 9.59 Å². The standard InChI is InChI=1S/C29H30N2O3/c1-17(2)34-25-11-8-22(9-12-25)26-27(30-23-10-7-20(5)21(6)16-23)29(33)31(28(26)32)24-14-18(3)13-19(4)15-24/h7-17,30H,1-6H3. The molecule has 5 heteroatoms. The average molecular weight is 455 g/mol. The maximum Gasteiger partial charge on any atom is 0.282 e. The van der Waals surface area contributed by atoms with E-state index >= 15 is 0 Å². The van der Waals surface area contributed by atoms with Crippen molar-refractivity contribution in [2.24, 2.45) is 0 Å². The summed E-state index contributed by atoms with van der Waals surface area (Å²) in [5.41, 5.74) is 6.85. The van der Waals surface area contributed by atoms with Crippen LogP contribution < -0.4 is 15.0 Å². The van der Waals surface area contributed by atoms with Crippen LogP contribution in [0, 0.1) is 27.7 Å². The molecule has 0 unspecified atom stereocenters. The number of carbonyl (C=O) groups excluding carboxylic acids is 2. The second-order valence-electron chi connectivity index (χ2n) is 9.16. The van der Waals surface area contributed by atoms with Gasteiger partial charge in [-0.1, -0.05) is 24.3 Å². The third kappa shape index (κ3) is 4.60. The molecule has 4 rings (SSSR count). The van der Waals surface area contributed by atoms with E-state index in [1.165, 1.54) is 4.90 Å². The van der Waals surface area contributed by atoms with Gasteiger partial charge in [-0.05, 0) is 106 Å². The molecule has 5 nitrogen and oxygen atoms in total. The Morgan fingerprint density at radius 2 is 1.41 bits per heavy atom. The zero-order valence-corrected chi connectivity index (χ0v) is 20.5. The number of anilines is 2. The summed E-state index contributed by atoms with van der Waals surface area (Å²) in [4.78, 5) is 28.6. The number of aryl methyl sites for hydroxylation is 4. The molecule has 1 N–H and O–H groups in total. The van der Waals surface area contributed by atoms with Crippen molar-refractivity contribution in [3.63, 3.8) is 0 Å². The summed E-state index contributed by atoms with van der Waals surface area (Å²) < 4.78 is 5.75. The van der Waals surface area contributed by atoms with Crippen molar-refractivity contribution in [1.29, 1.82) is 0 Å². The summed E-state index contributed by atoms with van der Waals surface area (Å²) in [5, 5.41) is 3.25. The second-order valence-corrected chi connectivity index (χ2v) is 9.16. The minimum absolute atomic E-state index is 0.0433. The van der Waals surface area contributed by atoms with Crippen LogP contribution in [0.15, 0.2) is 66.4 Å². The lowest BCUT2D eigenvalue weighted by Gasteiger charge is -2.17. The number of hydrogen-bond acceptors (Lipinski definition) is 4. The lowest BCUT2D eigenvalue weighted by atomic mass is 10.0. The zero-order chi connectivity index (χ0) is 24.6. The highest BCUT2D eigenvalue weighted by molar-refractivity contribution is 6.46. The predicted molar refractivity (Wildman–Crippen MR) is 137 cm³/mol. The minimum Gasteiger partial charge on any atom is -0.491 e. The van der Waals surface area contributed by atoms with Gasteiger partial charge in [0.25, 0.3) is 11.8 Å². The van der Waals surface area contributed by atoms with Crippen molar-refractivity contribution < 1.29 is 14.3 Å². The fourth-order valence-corrected chi connectivity index (χ4v) is 4.16. The Kier molecular flexibility index (Phi) is 6.29. The average Bonchev–Trinajstić information content (AvgIpc) is 3.00. The SMILES string of the molecule is Cc1cc(C)cc(N2C(=O)C(Nc3ccc(C)c(C)c3)=C(c3ccc(OC(C)C)cc3)C2=O)c1. The third-order valence-electron chi connectivity index (χ3n) is 5.84. The van der Waals surface area contributed by atoms with Crippen molar-refractivity contribution in [3.05, 3.63) is 94.2 Å². The molecular weight excluding hydrogens is 424 g/mol. The second kappa shape index (κ2) is 9.18. The van der Waals surface area contributed by atoms with Gasteiger partial charge in [0.1, 0.15) is 11.4 Å². The Morgan fingerprint density at radius 3 is 2.00 bits per heavy atom. The molecule has 0 aromatic heterocycles. The van der Waals surface area contributed by atoms with Crippen molar-refractivity contribution in [2.75, 3.05) is 10.2 Å². The Bertz CT molecular complexity index is 1280. The maximum absolute atomic E-state index is 13.7. The molecule has 1 aliphatic heterocycles. The molecule has 0 spiro atoms. The van der Waals surface area contributed by atoms with Crippen LogP contribution in [0.4, 0.5) is 11.4 Å². The van der Waals surface area contributed by atoms with Gasteiger partial charge < -0.3 is 10.1 Å². The van der Waals surface area contributed by atoms with Crippen LogP contribution >= 0.6 is 0 Å². The molecule has 0 saturated carbocycles. The largest absolute Gasteiger partial charge is 0.491 e. The van der Waals surface area contributed by atoms with E-state index < -0.39 is 0 Å². The van der Waals surface area contributed by atoms with E-state index in [-0.39, 0.29) is 23.6 Å². The lowest BCUT2D eigenvalue weighted by molar-refractivity contribution is -0.120. The fraction of sp³-hybridized carbons (Fsp3) is 0.241. The van der Waals surface area contributed by atoms with Gasteiger partial charge >= 0.3 is 0 Å². The quantitative estimate of drug-likeness (QED) is 0.457. The lowest BCUT2D eigenvalue weighted by Crippen LogP contribution is -2.32. The Balaban J connectivity index is 1.80. The third-order valence-corrected chi connectivity index (χ3v) is 5.84. The van der Waals surface area contributed by atoms with Gasteiger partial charge in [0, 0.05) is 5.69 Å². The van der Waals surface area contributed by atoms with E-state index in [4.69, 9.17) is 4.74 Å². The van der Waals surface area contributed by atoms with Crippen LogP contribution in [0.2, 0.25) is 0 Å². The van der Waals surface area contributed by atoms with Gasteiger partial charge in [-0.15, -0.1) is 0 Å². The van der Waals surface area contributed by atoms with Gasteiger partial charge in [0.15, 0.2) is 0 Å². The van der Waals surface area contributed by atoms with Gasteiger partial charge in [0.05, 0.1) is 17.4 Å². The van der Waals surface area contributed by atoms with Gasteiger partial charge in [-0.25, -0.2) is 4.90 Å². The Labute approximate surface area is 201 Å². The topological polar surface area (TPSA) is 58.6 Å². The first-order chi connectivity index (χ1) is 16.1. The van der Waals surface area contributed by atoms with Gasteiger partial charge in [-0.3, -0.25) is 9.59 Å².